The summed E-state index contributed by atoms with van der Waals surface area (Å²) in [5, 5.41) is 17.6. The van der Waals surface area contributed by atoms with Gasteiger partial charge in [-0.1, -0.05) is 19.1 Å². The average Bonchev–Trinajstić information content (AvgIpc) is 3.69. The van der Waals surface area contributed by atoms with Crippen LogP contribution in [-0.4, -0.2) is 53.2 Å². The number of hydrogen-bond acceptors (Lipinski definition) is 8. The van der Waals surface area contributed by atoms with Gasteiger partial charge in [-0.15, -0.1) is 0 Å². The fourth-order valence-corrected chi connectivity index (χ4v) is 4.66. The topological polar surface area (TPSA) is 181 Å². The van der Waals surface area contributed by atoms with Crippen molar-refractivity contribution in [2.24, 2.45) is 0 Å². The Kier molecular flexibility index (Phi) is 14.2. The van der Waals surface area contributed by atoms with Gasteiger partial charge in [0.15, 0.2) is 5.78 Å². The third kappa shape index (κ3) is 11.7. The SMILES string of the molecule is CCCC(=O)c1ccc(NC(=O)Nc2ccc(C(=O)OCC)cc2)cc1.CCOC(=O)c1ccc(NC(=O)Nc2ccc(-c3ccn[nH]3)cc2)cc1. The number of esters is 2. The summed E-state index contributed by atoms with van der Waals surface area (Å²) in [5.41, 5.74) is 5.73. The number of aromatic nitrogens is 2. The van der Waals surface area contributed by atoms with Crippen LogP contribution in [-0.2, 0) is 9.47 Å². The Morgan fingerprint density at radius 3 is 1.27 bits per heavy atom. The van der Waals surface area contributed by atoms with Gasteiger partial charge in [-0.05, 0) is 117 Å². The molecule has 268 valence electrons. The predicted octanol–water partition coefficient (Wildman–Crippen LogP) is 8.39. The van der Waals surface area contributed by atoms with Crippen LogP contribution in [0, 0.1) is 0 Å². The van der Waals surface area contributed by atoms with Crippen molar-refractivity contribution in [3.63, 3.8) is 0 Å². The number of carbonyl (C=O) groups excluding carboxylic acids is 5. The van der Waals surface area contributed by atoms with Crippen molar-refractivity contribution in [1.29, 1.82) is 0 Å². The summed E-state index contributed by atoms with van der Waals surface area (Å²) in [6.07, 6.45) is 2.99. The van der Waals surface area contributed by atoms with Gasteiger partial charge in [0.05, 0.1) is 30.0 Å². The molecule has 5 aromatic rings. The van der Waals surface area contributed by atoms with Crippen LogP contribution in [0.5, 0.6) is 0 Å². The molecular weight excluding hydrogens is 664 g/mol. The van der Waals surface area contributed by atoms with Gasteiger partial charge in [-0.25, -0.2) is 19.2 Å². The Balaban J connectivity index is 0.000000233. The molecule has 0 aliphatic carbocycles. The molecule has 5 rings (SSSR count). The van der Waals surface area contributed by atoms with E-state index in [-0.39, 0.29) is 17.8 Å². The lowest BCUT2D eigenvalue weighted by Crippen LogP contribution is -2.19. The summed E-state index contributed by atoms with van der Waals surface area (Å²) in [7, 11) is 0. The third-order valence-corrected chi connectivity index (χ3v) is 7.20. The largest absolute Gasteiger partial charge is 0.462 e. The number of hydrogen-bond donors (Lipinski definition) is 5. The van der Waals surface area contributed by atoms with E-state index in [0.717, 1.165) is 17.7 Å². The molecular formula is C39H40N6O7. The normalized spacial score (nSPS) is 10.1. The van der Waals surface area contributed by atoms with Crippen molar-refractivity contribution in [2.45, 2.75) is 33.6 Å². The lowest BCUT2D eigenvalue weighted by atomic mass is 10.1. The van der Waals surface area contributed by atoms with Gasteiger partial charge in [0.25, 0.3) is 0 Å². The van der Waals surface area contributed by atoms with Crippen molar-refractivity contribution in [2.75, 3.05) is 34.5 Å². The van der Waals surface area contributed by atoms with Gasteiger partial charge < -0.3 is 30.7 Å². The maximum atomic E-state index is 12.1. The van der Waals surface area contributed by atoms with Crippen LogP contribution in [0.25, 0.3) is 11.3 Å². The molecule has 0 bridgehead atoms. The highest BCUT2D eigenvalue weighted by atomic mass is 16.5. The van der Waals surface area contributed by atoms with Crippen molar-refractivity contribution in [1.82, 2.24) is 10.2 Å². The number of aromatic amines is 1. The van der Waals surface area contributed by atoms with Crippen LogP contribution in [0.4, 0.5) is 32.3 Å². The summed E-state index contributed by atoms with van der Waals surface area (Å²) in [4.78, 5) is 59.1. The van der Waals surface area contributed by atoms with E-state index < -0.39 is 12.0 Å². The summed E-state index contributed by atoms with van der Waals surface area (Å²) in [6.45, 7) is 6.08. The Morgan fingerprint density at radius 1 is 0.538 bits per heavy atom. The monoisotopic (exact) mass is 704 g/mol. The minimum atomic E-state index is -0.415. The summed E-state index contributed by atoms with van der Waals surface area (Å²) < 4.78 is 9.83. The number of anilines is 4. The van der Waals surface area contributed by atoms with E-state index in [1.807, 2.05) is 25.1 Å². The molecule has 0 fully saturated rings. The van der Waals surface area contributed by atoms with Gasteiger partial charge in [0, 0.05) is 40.9 Å². The van der Waals surface area contributed by atoms with Gasteiger partial charge in [-0.2, -0.15) is 5.10 Å². The quantitative estimate of drug-likeness (QED) is 0.0634. The van der Waals surface area contributed by atoms with Crippen LogP contribution in [0.3, 0.4) is 0 Å². The first-order valence-corrected chi connectivity index (χ1v) is 16.6. The molecule has 1 aromatic heterocycles. The van der Waals surface area contributed by atoms with Crippen LogP contribution in [0.2, 0.25) is 0 Å². The predicted molar refractivity (Wildman–Crippen MR) is 200 cm³/mol. The summed E-state index contributed by atoms with van der Waals surface area (Å²) in [5.74, 6) is -0.702. The summed E-state index contributed by atoms with van der Waals surface area (Å²) in [6, 6.07) is 28.1. The number of amides is 4. The molecule has 0 saturated carbocycles. The molecule has 1 heterocycles. The Hall–Kier alpha value is -6.76. The standard InChI is InChI=1S/C20H22N2O4.C19H18N4O3/c1-3-5-18(23)14-6-10-16(11-7-14)21-20(25)22-17-12-8-15(9-13-17)19(24)26-4-2;1-2-26-18(24)14-5-9-16(10-6-14)22-19(25)21-15-7-3-13(4-8-15)17-11-12-20-23-17/h6-13H,3-5H2,1-2H3,(H2,21,22,25);3-12H,2H2,1H3,(H,20,23)(H2,21,22,25). The molecule has 4 aromatic carbocycles. The van der Waals surface area contributed by atoms with Gasteiger partial charge in [0.1, 0.15) is 0 Å². The third-order valence-electron chi connectivity index (χ3n) is 7.20. The van der Waals surface area contributed by atoms with Crippen LogP contribution >= 0.6 is 0 Å². The second-order valence-corrected chi connectivity index (χ2v) is 11.1. The molecule has 0 aliphatic rings. The first-order valence-electron chi connectivity index (χ1n) is 16.6. The Bertz CT molecular complexity index is 1860. The second-order valence-electron chi connectivity index (χ2n) is 11.1. The highest BCUT2D eigenvalue weighted by Gasteiger charge is 2.10. The number of nitrogens with one attached hydrogen (secondary N) is 5. The van der Waals surface area contributed by atoms with Crippen LogP contribution < -0.4 is 21.3 Å². The number of rotatable bonds is 12. The van der Waals surface area contributed by atoms with E-state index in [4.69, 9.17) is 9.47 Å². The number of benzene rings is 4. The van der Waals surface area contributed by atoms with E-state index in [1.165, 1.54) is 0 Å². The van der Waals surface area contributed by atoms with Crippen LogP contribution in [0.1, 0.15) is 64.7 Å². The smallest absolute Gasteiger partial charge is 0.338 e. The minimum absolute atomic E-state index is 0.0881. The van der Waals surface area contributed by atoms with Gasteiger partial charge >= 0.3 is 24.0 Å². The van der Waals surface area contributed by atoms with Gasteiger partial charge in [-0.3, -0.25) is 9.89 Å². The summed E-state index contributed by atoms with van der Waals surface area (Å²) >= 11 is 0. The van der Waals surface area contributed by atoms with E-state index in [0.29, 0.717) is 59.1 Å². The Morgan fingerprint density at radius 2 is 0.923 bits per heavy atom. The van der Waals surface area contributed by atoms with Crippen molar-refractivity contribution in [3.05, 3.63) is 126 Å². The number of carbonyl (C=O) groups is 5. The maximum Gasteiger partial charge on any atom is 0.338 e. The van der Waals surface area contributed by atoms with E-state index >= 15 is 0 Å². The molecule has 13 heteroatoms. The zero-order valence-electron chi connectivity index (χ0n) is 29.0. The van der Waals surface area contributed by atoms with E-state index in [9.17, 15) is 24.0 Å². The molecule has 13 nitrogen and oxygen atoms in total. The van der Waals surface area contributed by atoms with Crippen molar-refractivity contribution in [3.8, 4) is 11.3 Å². The zero-order valence-corrected chi connectivity index (χ0v) is 29.0. The number of Topliss-reactive ketones (excluding diaryl/α,β-unsaturated/α-hetero) is 1. The second kappa shape index (κ2) is 19.4. The molecule has 52 heavy (non-hydrogen) atoms. The highest BCUT2D eigenvalue weighted by molar-refractivity contribution is 6.02. The molecule has 4 amide bonds. The average molecular weight is 705 g/mol. The number of urea groups is 2. The van der Waals surface area contributed by atoms with Crippen molar-refractivity contribution < 1.29 is 33.4 Å². The lowest BCUT2D eigenvalue weighted by Gasteiger charge is -2.09. The van der Waals surface area contributed by atoms with Crippen molar-refractivity contribution >= 4 is 52.5 Å². The number of nitrogens with zero attached hydrogens (tertiary/aromatic N) is 1. The van der Waals surface area contributed by atoms with Gasteiger partial charge in [0.2, 0.25) is 0 Å². The molecule has 0 radical (unpaired) electrons. The lowest BCUT2D eigenvalue weighted by molar-refractivity contribution is 0.0517. The molecule has 0 saturated heterocycles. The number of ketones is 1. The fourth-order valence-electron chi connectivity index (χ4n) is 4.66. The fraction of sp³-hybridized carbons (Fsp3) is 0.179. The Labute approximate surface area is 301 Å². The first kappa shape index (κ1) is 38.0. The first-order chi connectivity index (χ1) is 25.2. The van der Waals surface area contributed by atoms with Crippen LogP contribution in [0.15, 0.2) is 109 Å². The maximum absolute atomic E-state index is 12.1. The van der Waals surface area contributed by atoms with E-state index in [2.05, 4.69) is 31.5 Å². The number of ether oxygens (including phenoxy) is 2. The zero-order chi connectivity index (χ0) is 37.3. The molecule has 0 unspecified atom stereocenters. The number of H-pyrrole nitrogens is 1. The van der Waals surface area contributed by atoms with E-state index in [1.54, 1.807) is 105 Å². The minimum Gasteiger partial charge on any atom is -0.462 e. The molecule has 0 spiro atoms. The molecule has 0 atom stereocenters. The molecule has 0 aliphatic heterocycles. The highest BCUT2D eigenvalue weighted by Crippen LogP contribution is 2.20. The molecule has 5 N–H and O–H groups in total.